The molecule has 0 unspecified atom stereocenters. The third kappa shape index (κ3) is 5.32. The van der Waals surface area contributed by atoms with Crippen molar-refractivity contribution >= 4 is 5.91 Å². The first-order chi connectivity index (χ1) is 8.43. The van der Waals surface area contributed by atoms with E-state index in [9.17, 15) is 4.79 Å². The SMILES string of the molecule is CNCC(=O)NC(C)(C)CCc1ccc(C)cc1. The average molecular weight is 248 g/mol. The quantitative estimate of drug-likeness (QED) is 0.809. The summed E-state index contributed by atoms with van der Waals surface area (Å²) in [4.78, 5) is 11.5. The molecule has 0 aliphatic rings. The van der Waals surface area contributed by atoms with Gasteiger partial charge in [0.25, 0.3) is 0 Å². The molecule has 0 spiro atoms. The van der Waals surface area contributed by atoms with Crippen LogP contribution in [0.3, 0.4) is 0 Å². The zero-order valence-electron chi connectivity index (χ0n) is 11.8. The number of likely N-dealkylation sites (N-methyl/N-ethyl adjacent to an activating group) is 1. The van der Waals surface area contributed by atoms with Gasteiger partial charge < -0.3 is 10.6 Å². The Labute approximate surface area is 110 Å². The zero-order chi connectivity index (χ0) is 13.6. The highest BCUT2D eigenvalue weighted by Crippen LogP contribution is 2.14. The molecule has 0 radical (unpaired) electrons. The van der Waals surface area contributed by atoms with Crippen LogP contribution in [-0.2, 0) is 11.2 Å². The molecule has 0 heterocycles. The van der Waals surface area contributed by atoms with E-state index >= 15 is 0 Å². The Hall–Kier alpha value is -1.35. The molecule has 0 fully saturated rings. The second-order valence-corrected chi connectivity index (χ2v) is 5.45. The van der Waals surface area contributed by atoms with Crippen LogP contribution in [0.5, 0.6) is 0 Å². The van der Waals surface area contributed by atoms with Crippen LogP contribution in [0.15, 0.2) is 24.3 Å². The fourth-order valence-electron chi connectivity index (χ4n) is 1.86. The van der Waals surface area contributed by atoms with E-state index in [1.165, 1.54) is 11.1 Å². The lowest BCUT2D eigenvalue weighted by atomic mass is 9.95. The Morgan fingerprint density at radius 3 is 2.39 bits per heavy atom. The first kappa shape index (κ1) is 14.7. The molecule has 100 valence electrons. The molecule has 0 saturated heterocycles. The van der Waals surface area contributed by atoms with Gasteiger partial charge in [-0.25, -0.2) is 0 Å². The minimum Gasteiger partial charge on any atom is -0.350 e. The third-order valence-electron chi connectivity index (χ3n) is 2.97. The zero-order valence-corrected chi connectivity index (χ0v) is 11.8. The van der Waals surface area contributed by atoms with Gasteiger partial charge in [0.2, 0.25) is 5.91 Å². The van der Waals surface area contributed by atoms with Gasteiger partial charge in [0.05, 0.1) is 6.54 Å². The number of nitrogens with one attached hydrogen (secondary N) is 2. The fourth-order valence-corrected chi connectivity index (χ4v) is 1.86. The number of hydrogen-bond acceptors (Lipinski definition) is 2. The highest BCUT2D eigenvalue weighted by Gasteiger charge is 2.19. The van der Waals surface area contributed by atoms with E-state index in [1.54, 1.807) is 7.05 Å². The van der Waals surface area contributed by atoms with Crippen molar-refractivity contribution in [1.29, 1.82) is 0 Å². The number of carbonyl (C=O) groups is 1. The summed E-state index contributed by atoms with van der Waals surface area (Å²) in [6.45, 7) is 6.59. The first-order valence-corrected chi connectivity index (χ1v) is 6.44. The van der Waals surface area contributed by atoms with E-state index < -0.39 is 0 Å². The Kier molecular flexibility index (Phi) is 5.35. The largest absolute Gasteiger partial charge is 0.350 e. The van der Waals surface area contributed by atoms with E-state index in [-0.39, 0.29) is 11.4 Å². The average Bonchev–Trinajstić information content (AvgIpc) is 2.28. The summed E-state index contributed by atoms with van der Waals surface area (Å²) >= 11 is 0. The van der Waals surface area contributed by atoms with Gasteiger partial charge >= 0.3 is 0 Å². The maximum absolute atomic E-state index is 11.5. The molecule has 18 heavy (non-hydrogen) atoms. The standard InChI is InChI=1S/C15H24N2O/c1-12-5-7-13(8-6-12)9-10-15(2,3)17-14(18)11-16-4/h5-8,16H,9-11H2,1-4H3,(H,17,18). The molecule has 0 aliphatic carbocycles. The Morgan fingerprint density at radius 2 is 1.83 bits per heavy atom. The molecular formula is C15H24N2O. The highest BCUT2D eigenvalue weighted by atomic mass is 16.2. The van der Waals surface area contributed by atoms with Gasteiger partial charge in [-0.3, -0.25) is 4.79 Å². The fraction of sp³-hybridized carbons (Fsp3) is 0.533. The molecule has 0 bridgehead atoms. The maximum atomic E-state index is 11.5. The number of aryl methyl sites for hydroxylation is 2. The molecule has 1 aromatic rings. The summed E-state index contributed by atoms with van der Waals surface area (Å²) < 4.78 is 0. The predicted octanol–water partition coefficient (Wildman–Crippen LogP) is 2.04. The number of benzene rings is 1. The molecule has 0 atom stereocenters. The van der Waals surface area contributed by atoms with Crippen molar-refractivity contribution in [3.63, 3.8) is 0 Å². The molecule has 2 N–H and O–H groups in total. The van der Waals surface area contributed by atoms with Crippen LogP contribution >= 0.6 is 0 Å². The second-order valence-electron chi connectivity index (χ2n) is 5.45. The number of rotatable bonds is 6. The maximum Gasteiger partial charge on any atom is 0.234 e. The summed E-state index contributed by atoms with van der Waals surface area (Å²) in [7, 11) is 1.78. The van der Waals surface area contributed by atoms with E-state index in [0.717, 1.165) is 12.8 Å². The topological polar surface area (TPSA) is 41.1 Å². The van der Waals surface area contributed by atoms with Crippen molar-refractivity contribution in [2.75, 3.05) is 13.6 Å². The Balaban J connectivity index is 2.45. The molecule has 1 aromatic carbocycles. The van der Waals surface area contributed by atoms with Crippen LogP contribution in [0.1, 0.15) is 31.4 Å². The van der Waals surface area contributed by atoms with Crippen LogP contribution in [-0.4, -0.2) is 25.0 Å². The summed E-state index contributed by atoms with van der Waals surface area (Å²) in [6, 6.07) is 8.56. The minimum absolute atomic E-state index is 0.0476. The van der Waals surface area contributed by atoms with Crippen molar-refractivity contribution in [3.05, 3.63) is 35.4 Å². The van der Waals surface area contributed by atoms with Crippen molar-refractivity contribution in [2.45, 2.75) is 39.2 Å². The van der Waals surface area contributed by atoms with Crippen molar-refractivity contribution < 1.29 is 4.79 Å². The summed E-state index contributed by atoms with van der Waals surface area (Å²) in [5.74, 6) is 0.0476. The van der Waals surface area contributed by atoms with Crippen LogP contribution in [0.2, 0.25) is 0 Å². The second kappa shape index (κ2) is 6.55. The summed E-state index contributed by atoms with van der Waals surface area (Å²) in [6.07, 6.45) is 1.92. The molecule has 3 nitrogen and oxygen atoms in total. The molecule has 1 amide bonds. The lowest BCUT2D eigenvalue weighted by Crippen LogP contribution is -2.46. The van der Waals surface area contributed by atoms with Gasteiger partial charge in [0.15, 0.2) is 0 Å². The van der Waals surface area contributed by atoms with Gasteiger partial charge in [-0.05, 0) is 46.2 Å². The number of hydrogen-bond donors (Lipinski definition) is 2. The van der Waals surface area contributed by atoms with E-state index in [4.69, 9.17) is 0 Å². The van der Waals surface area contributed by atoms with E-state index in [0.29, 0.717) is 6.54 Å². The van der Waals surface area contributed by atoms with Gasteiger partial charge in [0, 0.05) is 5.54 Å². The van der Waals surface area contributed by atoms with Crippen LogP contribution in [0, 0.1) is 6.92 Å². The Bertz CT molecular complexity index is 382. The molecule has 0 aromatic heterocycles. The van der Waals surface area contributed by atoms with Gasteiger partial charge in [0.1, 0.15) is 0 Å². The third-order valence-corrected chi connectivity index (χ3v) is 2.97. The normalized spacial score (nSPS) is 11.3. The summed E-state index contributed by atoms with van der Waals surface area (Å²) in [5, 5.41) is 5.90. The smallest absolute Gasteiger partial charge is 0.234 e. The van der Waals surface area contributed by atoms with Crippen molar-refractivity contribution in [2.24, 2.45) is 0 Å². The minimum atomic E-state index is -0.168. The van der Waals surface area contributed by atoms with Gasteiger partial charge in [-0.2, -0.15) is 0 Å². The molecule has 0 aliphatic heterocycles. The first-order valence-electron chi connectivity index (χ1n) is 6.44. The highest BCUT2D eigenvalue weighted by molar-refractivity contribution is 5.78. The summed E-state index contributed by atoms with van der Waals surface area (Å²) in [5.41, 5.74) is 2.43. The van der Waals surface area contributed by atoms with E-state index in [2.05, 4.69) is 55.7 Å². The van der Waals surface area contributed by atoms with Gasteiger partial charge in [-0.15, -0.1) is 0 Å². The van der Waals surface area contributed by atoms with Crippen LogP contribution < -0.4 is 10.6 Å². The molecule has 3 heteroatoms. The van der Waals surface area contributed by atoms with E-state index in [1.807, 2.05) is 0 Å². The van der Waals surface area contributed by atoms with Crippen LogP contribution in [0.25, 0.3) is 0 Å². The van der Waals surface area contributed by atoms with Crippen molar-refractivity contribution in [1.82, 2.24) is 10.6 Å². The van der Waals surface area contributed by atoms with Gasteiger partial charge in [-0.1, -0.05) is 29.8 Å². The predicted molar refractivity (Wildman–Crippen MR) is 75.6 cm³/mol. The van der Waals surface area contributed by atoms with Crippen molar-refractivity contribution in [3.8, 4) is 0 Å². The molecule has 1 rings (SSSR count). The number of carbonyl (C=O) groups excluding carboxylic acids is 1. The Morgan fingerprint density at radius 1 is 1.22 bits per heavy atom. The number of amides is 1. The lowest BCUT2D eigenvalue weighted by Gasteiger charge is -2.26. The lowest BCUT2D eigenvalue weighted by molar-refractivity contribution is -0.121. The van der Waals surface area contributed by atoms with Crippen LogP contribution in [0.4, 0.5) is 0 Å². The monoisotopic (exact) mass is 248 g/mol. The molecular weight excluding hydrogens is 224 g/mol. The molecule has 0 saturated carbocycles.